The van der Waals surface area contributed by atoms with E-state index in [1.807, 2.05) is 6.92 Å². The maximum atomic E-state index is 13.6. The van der Waals surface area contributed by atoms with Crippen LogP contribution in [-0.4, -0.2) is 6.04 Å². The van der Waals surface area contributed by atoms with Gasteiger partial charge >= 0.3 is 0 Å². The summed E-state index contributed by atoms with van der Waals surface area (Å²) in [5, 5.41) is 4.02. The van der Waals surface area contributed by atoms with Crippen LogP contribution >= 0.6 is 0 Å². The average Bonchev–Trinajstić information content (AvgIpc) is 3.12. The van der Waals surface area contributed by atoms with E-state index in [1.54, 1.807) is 6.07 Å². The van der Waals surface area contributed by atoms with Gasteiger partial charge in [0.25, 0.3) is 0 Å². The number of furan rings is 1. The summed E-state index contributed by atoms with van der Waals surface area (Å²) in [6, 6.07) is 3.31. The van der Waals surface area contributed by atoms with E-state index in [-0.39, 0.29) is 5.58 Å². The van der Waals surface area contributed by atoms with Crippen molar-refractivity contribution in [2.24, 2.45) is 0 Å². The van der Waals surface area contributed by atoms with Crippen molar-refractivity contribution in [1.82, 2.24) is 5.32 Å². The van der Waals surface area contributed by atoms with Crippen LogP contribution < -0.4 is 5.32 Å². The second kappa shape index (κ2) is 4.35. The molecule has 96 valence electrons. The summed E-state index contributed by atoms with van der Waals surface area (Å²) < 4.78 is 32.3. The van der Waals surface area contributed by atoms with Crippen LogP contribution in [0, 0.1) is 11.6 Å². The van der Waals surface area contributed by atoms with Gasteiger partial charge in [-0.05, 0) is 31.4 Å². The van der Waals surface area contributed by atoms with Crippen molar-refractivity contribution in [2.75, 3.05) is 0 Å². The third kappa shape index (κ3) is 1.90. The van der Waals surface area contributed by atoms with E-state index in [1.165, 1.54) is 12.8 Å². The minimum Gasteiger partial charge on any atom is -0.456 e. The van der Waals surface area contributed by atoms with Crippen molar-refractivity contribution in [3.63, 3.8) is 0 Å². The highest BCUT2D eigenvalue weighted by molar-refractivity contribution is 5.82. The molecule has 4 heteroatoms. The van der Waals surface area contributed by atoms with Gasteiger partial charge in [-0.3, -0.25) is 0 Å². The van der Waals surface area contributed by atoms with E-state index < -0.39 is 11.6 Å². The monoisotopic (exact) mass is 251 g/mol. The number of benzene rings is 1. The third-order valence-corrected chi connectivity index (χ3v) is 3.42. The van der Waals surface area contributed by atoms with E-state index >= 15 is 0 Å². The van der Waals surface area contributed by atoms with Gasteiger partial charge in [-0.15, -0.1) is 0 Å². The van der Waals surface area contributed by atoms with Crippen molar-refractivity contribution in [3.8, 4) is 0 Å². The van der Waals surface area contributed by atoms with Gasteiger partial charge in [-0.1, -0.05) is 6.92 Å². The van der Waals surface area contributed by atoms with Crippen LogP contribution in [0.25, 0.3) is 11.0 Å². The van der Waals surface area contributed by atoms with E-state index in [0.717, 1.165) is 23.8 Å². The molecule has 18 heavy (non-hydrogen) atoms. The number of hydrogen-bond donors (Lipinski definition) is 1. The van der Waals surface area contributed by atoms with Crippen LogP contribution in [-0.2, 0) is 13.0 Å². The number of nitrogens with one attached hydrogen (secondary N) is 1. The van der Waals surface area contributed by atoms with E-state index in [4.69, 9.17) is 4.42 Å². The van der Waals surface area contributed by atoms with Crippen molar-refractivity contribution in [3.05, 3.63) is 35.1 Å². The normalized spacial score (nSPS) is 15.5. The van der Waals surface area contributed by atoms with Gasteiger partial charge in [0, 0.05) is 17.0 Å². The summed E-state index contributed by atoms with van der Waals surface area (Å²) in [5.74, 6) is -1.02. The lowest BCUT2D eigenvalue weighted by Crippen LogP contribution is -2.15. The molecule has 3 rings (SSSR count). The van der Waals surface area contributed by atoms with Gasteiger partial charge in [-0.2, -0.15) is 4.39 Å². The fourth-order valence-corrected chi connectivity index (χ4v) is 2.26. The first-order chi connectivity index (χ1) is 8.70. The van der Waals surface area contributed by atoms with Gasteiger partial charge in [0.2, 0.25) is 5.82 Å². The number of rotatable bonds is 4. The molecule has 2 nitrogen and oxygen atoms in total. The highest BCUT2D eigenvalue weighted by atomic mass is 19.2. The van der Waals surface area contributed by atoms with Gasteiger partial charge < -0.3 is 9.73 Å². The molecule has 1 N–H and O–H groups in total. The zero-order valence-corrected chi connectivity index (χ0v) is 10.2. The lowest BCUT2D eigenvalue weighted by atomic mass is 10.1. The van der Waals surface area contributed by atoms with E-state index in [2.05, 4.69) is 5.32 Å². The van der Waals surface area contributed by atoms with Crippen LogP contribution in [0.1, 0.15) is 31.1 Å². The first-order valence-corrected chi connectivity index (χ1v) is 6.32. The highest BCUT2D eigenvalue weighted by Gasteiger charge is 2.23. The Hall–Kier alpha value is -1.42. The SMILES string of the molecule is CCc1c(CNC2CC2)oc2c(F)c(F)ccc12. The van der Waals surface area contributed by atoms with Crippen molar-refractivity contribution in [1.29, 1.82) is 0 Å². The molecule has 0 saturated heterocycles. The third-order valence-electron chi connectivity index (χ3n) is 3.42. The molecule has 1 aliphatic carbocycles. The number of hydrogen-bond acceptors (Lipinski definition) is 2. The topological polar surface area (TPSA) is 25.2 Å². The molecular formula is C14H15F2NO. The van der Waals surface area contributed by atoms with Gasteiger partial charge in [0.1, 0.15) is 5.76 Å². The second-order valence-electron chi connectivity index (χ2n) is 4.75. The molecule has 2 aromatic rings. The number of fused-ring (bicyclic) bond motifs is 1. The van der Waals surface area contributed by atoms with Crippen LogP contribution in [0.5, 0.6) is 0 Å². The molecule has 0 amide bonds. The largest absolute Gasteiger partial charge is 0.456 e. The Morgan fingerprint density at radius 1 is 1.33 bits per heavy atom. The van der Waals surface area contributed by atoms with Crippen molar-refractivity contribution in [2.45, 2.75) is 38.8 Å². The fraction of sp³-hybridized carbons (Fsp3) is 0.429. The summed E-state index contributed by atoms with van der Waals surface area (Å²) in [6.07, 6.45) is 3.12. The van der Waals surface area contributed by atoms with Gasteiger partial charge in [0.15, 0.2) is 11.4 Å². The Morgan fingerprint density at radius 3 is 2.78 bits per heavy atom. The molecule has 1 aromatic carbocycles. The summed E-state index contributed by atoms with van der Waals surface area (Å²) in [7, 11) is 0. The maximum Gasteiger partial charge on any atom is 0.201 e. The van der Waals surface area contributed by atoms with E-state index in [9.17, 15) is 8.78 Å². The van der Waals surface area contributed by atoms with E-state index in [0.29, 0.717) is 18.0 Å². The summed E-state index contributed by atoms with van der Waals surface area (Å²) in [5.41, 5.74) is 1.01. The Bertz CT molecular complexity index is 587. The summed E-state index contributed by atoms with van der Waals surface area (Å²) in [4.78, 5) is 0. The zero-order valence-electron chi connectivity index (χ0n) is 10.2. The fourth-order valence-electron chi connectivity index (χ4n) is 2.26. The van der Waals surface area contributed by atoms with Crippen molar-refractivity contribution >= 4 is 11.0 Å². The molecule has 1 aromatic heterocycles. The molecular weight excluding hydrogens is 236 g/mol. The van der Waals surface area contributed by atoms with Crippen molar-refractivity contribution < 1.29 is 13.2 Å². The summed E-state index contributed by atoms with van der Waals surface area (Å²) in [6.45, 7) is 2.58. The molecule has 0 radical (unpaired) electrons. The lowest BCUT2D eigenvalue weighted by Gasteiger charge is -2.01. The van der Waals surface area contributed by atoms with Crippen LogP contribution in [0.15, 0.2) is 16.5 Å². The minimum atomic E-state index is -0.889. The number of halogens is 2. The average molecular weight is 251 g/mol. The predicted molar refractivity (Wildman–Crippen MR) is 65.4 cm³/mol. The predicted octanol–water partition coefficient (Wildman–Crippen LogP) is 3.53. The lowest BCUT2D eigenvalue weighted by molar-refractivity contribution is 0.466. The molecule has 0 bridgehead atoms. The second-order valence-corrected chi connectivity index (χ2v) is 4.75. The highest BCUT2D eigenvalue weighted by Crippen LogP contribution is 2.30. The Labute approximate surface area is 104 Å². The smallest absolute Gasteiger partial charge is 0.201 e. The molecule has 1 heterocycles. The summed E-state index contributed by atoms with van der Waals surface area (Å²) >= 11 is 0. The standard InChI is InChI=1S/C14H15F2NO/c1-2-9-10-5-6-11(15)13(16)14(10)18-12(9)7-17-8-3-4-8/h5-6,8,17H,2-4,7H2,1H3. The molecule has 0 atom stereocenters. The molecule has 0 unspecified atom stereocenters. The molecule has 1 fully saturated rings. The Morgan fingerprint density at radius 2 is 2.11 bits per heavy atom. The molecule has 0 spiro atoms. The molecule has 0 aliphatic heterocycles. The first-order valence-electron chi connectivity index (χ1n) is 6.32. The Balaban J connectivity index is 2.03. The Kier molecular flexibility index (Phi) is 2.82. The number of aryl methyl sites for hydroxylation is 1. The van der Waals surface area contributed by atoms with Gasteiger partial charge in [0.05, 0.1) is 6.54 Å². The first kappa shape index (κ1) is 11.7. The van der Waals surface area contributed by atoms with Crippen LogP contribution in [0.3, 0.4) is 0 Å². The zero-order chi connectivity index (χ0) is 12.7. The van der Waals surface area contributed by atoms with Crippen LogP contribution in [0.4, 0.5) is 8.78 Å². The van der Waals surface area contributed by atoms with Crippen LogP contribution in [0.2, 0.25) is 0 Å². The van der Waals surface area contributed by atoms with Gasteiger partial charge in [-0.25, -0.2) is 4.39 Å². The quantitative estimate of drug-likeness (QED) is 0.899. The molecule has 1 aliphatic rings. The minimum absolute atomic E-state index is 0.0412. The maximum absolute atomic E-state index is 13.6. The molecule has 1 saturated carbocycles.